The minimum Gasteiger partial charge on any atom is -0.491 e. The zero-order valence-corrected chi connectivity index (χ0v) is 15.1. The normalized spacial score (nSPS) is 21.1. The van der Waals surface area contributed by atoms with E-state index in [1.165, 1.54) is 12.1 Å². The molecule has 4 rings (SSSR count). The lowest BCUT2D eigenvalue weighted by atomic mass is 10.0. The first-order chi connectivity index (χ1) is 13.7. The molecular weight excluding hydrogens is 389 g/mol. The fourth-order valence-corrected chi connectivity index (χ4v) is 3.80. The van der Waals surface area contributed by atoms with Crippen molar-refractivity contribution in [2.24, 2.45) is 0 Å². The van der Waals surface area contributed by atoms with E-state index in [0.29, 0.717) is 28.9 Å². The largest absolute Gasteiger partial charge is 0.491 e. The SMILES string of the molecule is O=C(O)N[C@H]1C[C@H]2COc3ccc(-c4ccc(C(F)(F)F)cc4)cc3C(=O)N2C1. The van der Waals surface area contributed by atoms with Crippen LogP contribution in [0.15, 0.2) is 42.5 Å². The lowest BCUT2D eigenvalue weighted by Gasteiger charge is -2.20. The molecule has 29 heavy (non-hydrogen) atoms. The molecule has 2 aliphatic rings. The van der Waals surface area contributed by atoms with Crippen molar-refractivity contribution >= 4 is 12.0 Å². The summed E-state index contributed by atoms with van der Waals surface area (Å²) >= 11 is 0. The van der Waals surface area contributed by atoms with Crippen LogP contribution in [0, 0.1) is 0 Å². The smallest absolute Gasteiger partial charge is 0.416 e. The standard InChI is InChI=1S/C20H17F3N2O4/c21-20(22,23)13-4-1-11(2-5-13)12-3-6-17-16(7-12)18(26)25-9-14(24-19(27)28)8-15(25)10-29-17/h1-7,14-15,24H,8-10H2,(H,27,28)/t14-,15-/m0/s1. The first-order valence-corrected chi connectivity index (χ1v) is 8.97. The molecule has 1 saturated heterocycles. The fraction of sp³-hybridized carbons (Fsp3) is 0.300. The van der Waals surface area contributed by atoms with Crippen molar-refractivity contribution in [3.63, 3.8) is 0 Å². The van der Waals surface area contributed by atoms with Crippen LogP contribution >= 0.6 is 0 Å². The number of hydrogen-bond donors (Lipinski definition) is 2. The number of amides is 2. The van der Waals surface area contributed by atoms with E-state index in [0.717, 1.165) is 12.1 Å². The number of rotatable bonds is 2. The van der Waals surface area contributed by atoms with E-state index < -0.39 is 17.8 Å². The Labute approximate surface area is 163 Å². The van der Waals surface area contributed by atoms with Crippen LogP contribution in [0.4, 0.5) is 18.0 Å². The van der Waals surface area contributed by atoms with Crippen LogP contribution in [0.25, 0.3) is 11.1 Å². The van der Waals surface area contributed by atoms with Gasteiger partial charge in [-0.05, 0) is 41.8 Å². The van der Waals surface area contributed by atoms with E-state index in [1.54, 1.807) is 23.1 Å². The summed E-state index contributed by atoms with van der Waals surface area (Å²) in [4.78, 5) is 25.5. The summed E-state index contributed by atoms with van der Waals surface area (Å²) in [6.45, 7) is 0.485. The van der Waals surface area contributed by atoms with Crippen LogP contribution in [0.1, 0.15) is 22.3 Å². The number of carbonyl (C=O) groups is 2. The molecule has 0 aliphatic carbocycles. The number of nitrogens with one attached hydrogen (secondary N) is 1. The van der Waals surface area contributed by atoms with Crippen LogP contribution in [0.5, 0.6) is 5.75 Å². The summed E-state index contributed by atoms with van der Waals surface area (Å²) in [6, 6.07) is 9.02. The number of ether oxygens (including phenoxy) is 1. The molecule has 2 atom stereocenters. The lowest BCUT2D eigenvalue weighted by Crippen LogP contribution is -2.39. The summed E-state index contributed by atoms with van der Waals surface area (Å²) in [5.74, 6) is 0.119. The van der Waals surface area contributed by atoms with Gasteiger partial charge in [0.25, 0.3) is 5.91 Å². The summed E-state index contributed by atoms with van der Waals surface area (Å²) < 4.78 is 44.1. The molecule has 0 aromatic heterocycles. The first kappa shape index (κ1) is 19.1. The van der Waals surface area contributed by atoms with Gasteiger partial charge in [0.1, 0.15) is 12.4 Å². The van der Waals surface area contributed by atoms with Crippen molar-refractivity contribution in [2.45, 2.75) is 24.7 Å². The van der Waals surface area contributed by atoms with Crippen LogP contribution in [-0.4, -0.2) is 47.2 Å². The minimum absolute atomic E-state index is 0.239. The maximum absolute atomic E-state index is 13.0. The molecule has 1 fully saturated rings. The second kappa shape index (κ2) is 6.98. The van der Waals surface area contributed by atoms with Crippen molar-refractivity contribution in [3.05, 3.63) is 53.6 Å². The molecule has 2 N–H and O–H groups in total. The number of carbonyl (C=O) groups excluding carboxylic acids is 1. The zero-order valence-electron chi connectivity index (χ0n) is 15.1. The van der Waals surface area contributed by atoms with Crippen LogP contribution in [-0.2, 0) is 6.18 Å². The van der Waals surface area contributed by atoms with Gasteiger partial charge in [0.05, 0.1) is 23.2 Å². The van der Waals surface area contributed by atoms with E-state index in [2.05, 4.69) is 5.32 Å². The summed E-state index contributed by atoms with van der Waals surface area (Å²) in [5.41, 5.74) is 0.696. The highest BCUT2D eigenvalue weighted by molar-refractivity contribution is 5.99. The van der Waals surface area contributed by atoms with Gasteiger partial charge in [-0.15, -0.1) is 0 Å². The topological polar surface area (TPSA) is 78.9 Å². The molecule has 9 heteroatoms. The molecule has 0 unspecified atom stereocenters. The van der Waals surface area contributed by atoms with Crippen LogP contribution in [0.2, 0.25) is 0 Å². The van der Waals surface area contributed by atoms with Crippen molar-refractivity contribution in [2.75, 3.05) is 13.2 Å². The molecule has 2 aromatic rings. The molecule has 2 aliphatic heterocycles. The quantitative estimate of drug-likeness (QED) is 0.799. The number of halogens is 3. The molecule has 152 valence electrons. The van der Waals surface area contributed by atoms with Crippen molar-refractivity contribution < 1.29 is 32.6 Å². The number of hydrogen-bond acceptors (Lipinski definition) is 3. The van der Waals surface area contributed by atoms with Gasteiger partial charge in [-0.1, -0.05) is 18.2 Å². The molecule has 6 nitrogen and oxygen atoms in total. The molecular formula is C20H17F3N2O4. The van der Waals surface area contributed by atoms with Gasteiger partial charge >= 0.3 is 12.3 Å². The molecule has 2 aromatic carbocycles. The molecule has 0 bridgehead atoms. The Bertz CT molecular complexity index is 959. The molecule has 2 heterocycles. The Balaban J connectivity index is 1.61. The van der Waals surface area contributed by atoms with Crippen molar-refractivity contribution in [1.29, 1.82) is 0 Å². The summed E-state index contributed by atoms with van der Waals surface area (Å²) in [5, 5.41) is 11.3. The van der Waals surface area contributed by atoms with E-state index in [-0.39, 0.29) is 31.1 Å². The number of alkyl halides is 3. The monoisotopic (exact) mass is 406 g/mol. The Morgan fingerprint density at radius 2 is 1.83 bits per heavy atom. The van der Waals surface area contributed by atoms with Gasteiger partial charge in [0.2, 0.25) is 0 Å². The van der Waals surface area contributed by atoms with Gasteiger partial charge in [-0.3, -0.25) is 4.79 Å². The average Bonchev–Trinajstić information content (AvgIpc) is 3.01. The molecule has 0 spiro atoms. The van der Waals surface area contributed by atoms with E-state index in [9.17, 15) is 22.8 Å². The third-order valence-corrected chi connectivity index (χ3v) is 5.19. The summed E-state index contributed by atoms with van der Waals surface area (Å²) in [6.07, 6.45) is -5.11. The van der Waals surface area contributed by atoms with Gasteiger partial charge in [-0.2, -0.15) is 13.2 Å². The molecule has 0 radical (unpaired) electrons. The van der Waals surface area contributed by atoms with Crippen molar-refractivity contribution in [1.82, 2.24) is 10.2 Å². The Morgan fingerprint density at radius 3 is 2.48 bits per heavy atom. The number of benzene rings is 2. The van der Waals surface area contributed by atoms with Gasteiger partial charge in [-0.25, -0.2) is 4.79 Å². The predicted molar refractivity (Wildman–Crippen MR) is 96.8 cm³/mol. The second-order valence-electron chi connectivity index (χ2n) is 7.09. The van der Waals surface area contributed by atoms with Gasteiger partial charge < -0.3 is 20.1 Å². The Morgan fingerprint density at radius 1 is 1.14 bits per heavy atom. The third-order valence-electron chi connectivity index (χ3n) is 5.19. The van der Waals surface area contributed by atoms with E-state index in [1.807, 2.05) is 0 Å². The van der Waals surface area contributed by atoms with E-state index >= 15 is 0 Å². The average molecular weight is 406 g/mol. The maximum Gasteiger partial charge on any atom is 0.416 e. The van der Waals surface area contributed by atoms with E-state index in [4.69, 9.17) is 9.84 Å². The third kappa shape index (κ3) is 3.72. The maximum atomic E-state index is 13.0. The minimum atomic E-state index is -4.42. The van der Waals surface area contributed by atoms with Gasteiger partial charge in [0, 0.05) is 6.54 Å². The summed E-state index contributed by atoms with van der Waals surface area (Å²) in [7, 11) is 0. The highest BCUT2D eigenvalue weighted by atomic mass is 19.4. The Kier molecular flexibility index (Phi) is 4.60. The zero-order chi connectivity index (χ0) is 20.8. The van der Waals surface area contributed by atoms with Crippen molar-refractivity contribution in [3.8, 4) is 16.9 Å². The van der Waals surface area contributed by atoms with Gasteiger partial charge in [0.15, 0.2) is 0 Å². The second-order valence-corrected chi connectivity index (χ2v) is 7.09. The highest BCUT2D eigenvalue weighted by Crippen LogP contribution is 2.35. The Hall–Kier alpha value is -3.23. The number of fused-ring (bicyclic) bond motifs is 2. The fourth-order valence-electron chi connectivity index (χ4n) is 3.80. The first-order valence-electron chi connectivity index (χ1n) is 8.97. The lowest BCUT2D eigenvalue weighted by molar-refractivity contribution is -0.137. The number of carboxylic acid groups (broad SMARTS) is 1. The number of nitrogens with zero attached hydrogens (tertiary/aromatic N) is 1. The van der Waals surface area contributed by atoms with Crippen LogP contribution < -0.4 is 10.1 Å². The highest BCUT2D eigenvalue weighted by Gasteiger charge is 2.39. The van der Waals surface area contributed by atoms with Crippen LogP contribution in [0.3, 0.4) is 0 Å². The molecule has 0 saturated carbocycles. The predicted octanol–water partition coefficient (Wildman–Crippen LogP) is 3.62. The molecule has 2 amide bonds.